The molecule has 4 heteroatoms. The van der Waals surface area contributed by atoms with E-state index in [1.807, 2.05) is 6.07 Å². The molecule has 0 aliphatic rings. The molecule has 0 aliphatic heterocycles. The standard InChI is InChI=1S/C10H13NO3/c1-14-9-5-8(6-11-7-9)3-2-4-10(12)13/h5-7H,2-4H2,1H3,(H,12,13). The fourth-order valence-electron chi connectivity index (χ4n) is 1.16. The Hall–Kier alpha value is -1.58. The van der Waals surface area contributed by atoms with Gasteiger partial charge in [0, 0.05) is 12.6 Å². The Balaban J connectivity index is 2.46. The second-order valence-corrected chi connectivity index (χ2v) is 2.98. The van der Waals surface area contributed by atoms with Crippen molar-refractivity contribution >= 4 is 5.97 Å². The molecule has 1 aromatic rings. The molecule has 14 heavy (non-hydrogen) atoms. The number of pyridine rings is 1. The monoisotopic (exact) mass is 195 g/mol. The van der Waals surface area contributed by atoms with Crippen LogP contribution in [0, 0.1) is 0 Å². The summed E-state index contributed by atoms with van der Waals surface area (Å²) in [6, 6.07) is 1.87. The number of rotatable bonds is 5. The summed E-state index contributed by atoms with van der Waals surface area (Å²) >= 11 is 0. The van der Waals surface area contributed by atoms with Gasteiger partial charge in [-0.2, -0.15) is 0 Å². The first kappa shape index (κ1) is 10.5. The fraction of sp³-hybridized carbons (Fsp3) is 0.400. The minimum atomic E-state index is -0.763. The lowest BCUT2D eigenvalue weighted by Gasteiger charge is -2.02. The summed E-state index contributed by atoms with van der Waals surface area (Å²) in [7, 11) is 1.58. The van der Waals surface area contributed by atoms with E-state index in [1.54, 1.807) is 19.5 Å². The summed E-state index contributed by atoms with van der Waals surface area (Å²) < 4.78 is 5.00. The van der Waals surface area contributed by atoms with E-state index in [1.165, 1.54) is 0 Å². The number of aryl methyl sites for hydroxylation is 1. The number of ether oxygens (including phenoxy) is 1. The van der Waals surface area contributed by atoms with Gasteiger partial charge in [-0.25, -0.2) is 0 Å². The van der Waals surface area contributed by atoms with Crippen LogP contribution in [0.25, 0.3) is 0 Å². The maximum Gasteiger partial charge on any atom is 0.303 e. The number of carboxylic acids is 1. The molecule has 0 fully saturated rings. The molecule has 0 saturated heterocycles. The van der Waals surface area contributed by atoms with Crippen LogP contribution in [0.2, 0.25) is 0 Å². The highest BCUT2D eigenvalue weighted by Gasteiger charge is 1.99. The highest BCUT2D eigenvalue weighted by atomic mass is 16.5. The largest absolute Gasteiger partial charge is 0.495 e. The number of nitrogens with zero attached hydrogens (tertiary/aromatic N) is 1. The van der Waals surface area contributed by atoms with Crippen LogP contribution in [-0.2, 0) is 11.2 Å². The van der Waals surface area contributed by atoms with Crippen LogP contribution >= 0.6 is 0 Å². The van der Waals surface area contributed by atoms with Gasteiger partial charge in [0.15, 0.2) is 0 Å². The average Bonchev–Trinajstić information content (AvgIpc) is 2.18. The molecule has 4 nitrogen and oxygen atoms in total. The van der Waals surface area contributed by atoms with Crippen LogP contribution in [0.1, 0.15) is 18.4 Å². The summed E-state index contributed by atoms with van der Waals surface area (Å²) in [5.74, 6) is -0.0568. The van der Waals surface area contributed by atoms with Crippen molar-refractivity contribution in [2.24, 2.45) is 0 Å². The summed E-state index contributed by atoms with van der Waals surface area (Å²) in [5, 5.41) is 8.45. The SMILES string of the molecule is COc1cncc(CCCC(=O)O)c1. The first-order chi connectivity index (χ1) is 6.72. The van der Waals surface area contributed by atoms with Crippen LogP contribution < -0.4 is 4.74 Å². The second kappa shape index (κ2) is 5.21. The van der Waals surface area contributed by atoms with Crippen molar-refractivity contribution in [2.75, 3.05) is 7.11 Å². The van der Waals surface area contributed by atoms with Crippen LogP contribution in [0.3, 0.4) is 0 Å². The predicted octanol–water partition coefficient (Wildman–Crippen LogP) is 1.50. The zero-order valence-corrected chi connectivity index (χ0v) is 8.06. The Morgan fingerprint density at radius 2 is 2.36 bits per heavy atom. The molecule has 76 valence electrons. The van der Waals surface area contributed by atoms with E-state index in [-0.39, 0.29) is 6.42 Å². The van der Waals surface area contributed by atoms with Gasteiger partial charge in [0.2, 0.25) is 0 Å². The van der Waals surface area contributed by atoms with Crippen molar-refractivity contribution in [3.05, 3.63) is 24.0 Å². The van der Waals surface area contributed by atoms with E-state index < -0.39 is 5.97 Å². The molecule has 1 rings (SSSR count). The molecule has 1 N–H and O–H groups in total. The summed E-state index contributed by atoms with van der Waals surface area (Å²) in [5.41, 5.74) is 1.01. The van der Waals surface area contributed by atoms with Crippen molar-refractivity contribution in [3.63, 3.8) is 0 Å². The van der Waals surface area contributed by atoms with Crippen molar-refractivity contribution in [1.82, 2.24) is 4.98 Å². The van der Waals surface area contributed by atoms with Crippen LogP contribution in [0.5, 0.6) is 5.75 Å². The van der Waals surface area contributed by atoms with Crippen molar-refractivity contribution in [2.45, 2.75) is 19.3 Å². The molecule has 0 aromatic carbocycles. The van der Waals surface area contributed by atoms with Crippen molar-refractivity contribution in [1.29, 1.82) is 0 Å². The molecule has 1 heterocycles. The maximum absolute atomic E-state index is 10.3. The number of carbonyl (C=O) groups is 1. The average molecular weight is 195 g/mol. The Bertz CT molecular complexity index is 312. The summed E-state index contributed by atoms with van der Waals surface area (Å²) in [6.07, 6.45) is 4.89. The molecular weight excluding hydrogens is 182 g/mol. The maximum atomic E-state index is 10.3. The number of methoxy groups -OCH3 is 1. The van der Waals surface area contributed by atoms with E-state index in [0.717, 1.165) is 12.0 Å². The third kappa shape index (κ3) is 3.43. The highest BCUT2D eigenvalue weighted by molar-refractivity contribution is 5.66. The molecule has 0 spiro atoms. The molecule has 0 unspecified atom stereocenters. The molecular formula is C10H13NO3. The normalized spacial score (nSPS) is 9.79. The molecule has 0 aliphatic carbocycles. The van der Waals surface area contributed by atoms with Gasteiger partial charge in [-0.1, -0.05) is 0 Å². The van der Waals surface area contributed by atoms with Crippen molar-refractivity contribution < 1.29 is 14.6 Å². The Kier molecular flexibility index (Phi) is 3.91. The number of hydrogen-bond donors (Lipinski definition) is 1. The van der Waals surface area contributed by atoms with Gasteiger partial charge in [0.25, 0.3) is 0 Å². The minimum Gasteiger partial charge on any atom is -0.495 e. The highest BCUT2D eigenvalue weighted by Crippen LogP contribution is 2.12. The Labute approximate surface area is 82.5 Å². The van der Waals surface area contributed by atoms with Gasteiger partial charge in [0.05, 0.1) is 13.3 Å². The van der Waals surface area contributed by atoms with Gasteiger partial charge >= 0.3 is 5.97 Å². The molecule has 0 atom stereocenters. The molecule has 0 bridgehead atoms. The van der Waals surface area contributed by atoms with Gasteiger partial charge in [-0.05, 0) is 24.5 Å². The van der Waals surface area contributed by atoms with Crippen LogP contribution in [0.4, 0.5) is 0 Å². The fourth-order valence-corrected chi connectivity index (χ4v) is 1.16. The lowest BCUT2D eigenvalue weighted by atomic mass is 10.1. The minimum absolute atomic E-state index is 0.192. The first-order valence-electron chi connectivity index (χ1n) is 4.42. The smallest absolute Gasteiger partial charge is 0.303 e. The third-order valence-corrected chi connectivity index (χ3v) is 1.86. The van der Waals surface area contributed by atoms with E-state index in [4.69, 9.17) is 9.84 Å². The van der Waals surface area contributed by atoms with Crippen molar-refractivity contribution in [3.8, 4) is 5.75 Å². The van der Waals surface area contributed by atoms with Gasteiger partial charge in [0.1, 0.15) is 5.75 Å². The van der Waals surface area contributed by atoms with Crippen LogP contribution in [0.15, 0.2) is 18.5 Å². The second-order valence-electron chi connectivity index (χ2n) is 2.98. The number of carboxylic acid groups (broad SMARTS) is 1. The van der Waals surface area contributed by atoms with Gasteiger partial charge in [-0.3, -0.25) is 9.78 Å². The van der Waals surface area contributed by atoms with Gasteiger partial charge < -0.3 is 9.84 Å². The molecule has 0 amide bonds. The zero-order valence-electron chi connectivity index (χ0n) is 8.06. The summed E-state index contributed by atoms with van der Waals surface area (Å²) in [6.45, 7) is 0. The zero-order chi connectivity index (χ0) is 10.4. The lowest BCUT2D eigenvalue weighted by Crippen LogP contribution is -1.96. The first-order valence-corrected chi connectivity index (χ1v) is 4.42. The predicted molar refractivity (Wildman–Crippen MR) is 51.4 cm³/mol. The summed E-state index contributed by atoms with van der Waals surface area (Å²) in [4.78, 5) is 14.3. The molecule has 1 aromatic heterocycles. The number of hydrogen-bond acceptors (Lipinski definition) is 3. The Morgan fingerprint density at radius 1 is 1.57 bits per heavy atom. The molecule has 0 radical (unpaired) electrons. The number of aliphatic carboxylic acids is 1. The quantitative estimate of drug-likeness (QED) is 0.773. The number of aromatic nitrogens is 1. The lowest BCUT2D eigenvalue weighted by molar-refractivity contribution is -0.137. The Morgan fingerprint density at radius 3 is 3.00 bits per heavy atom. The van der Waals surface area contributed by atoms with E-state index in [2.05, 4.69) is 4.98 Å². The van der Waals surface area contributed by atoms with Crippen LogP contribution in [-0.4, -0.2) is 23.2 Å². The molecule has 0 saturated carbocycles. The van der Waals surface area contributed by atoms with E-state index >= 15 is 0 Å². The van der Waals surface area contributed by atoms with Gasteiger partial charge in [-0.15, -0.1) is 0 Å². The third-order valence-electron chi connectivity index (χ3n) is 1.86. The van der Waals surface area contributed by atoms with E-state index in [0.29, 0.717) is 12.2 Å². The van der Waals surface area contributed by atoms with E-state index in [9.17, 15) is 4.79 Å². The topological polar surface area (TPSA) is 59.4 Å².